The number of hydrogen-bond acceptors (Lipinski definition) is 11. The number of ether oxygens (including phenoxy) is 6. The van der Waals surface area contributed by atoms with Crippen molar-refractivity contribution in [3.63, 3.8) is 0 Å². The second-order valence-electron chi connectivity index (χ2n) is 11.1. The van der Waals surface area contributed by atoms with Crippen LogP contribution in [0, 0.1) is 0 Å². The number of unbranched alkanes of at least 4 members (excludes halogenated alkanes) is 1. The highest BCUT2D eigenvalue weighted by Gasteiger charge is 2.53. The fourth-order valence-electron chi connectivity index (χ4n) is 5.11. The molecule has 0 amide bonds. The van der Waals surface area contributed by atoms with Crippen molar-refractivity contribution in [3.8, 4) is 0 Å². The predicted octanol–water partition coefficient (Wildman–Crippen LogP) is 5.00. The minimum absolute atomic E-state index is 0.144. The van der Waals surface area contributed by atoms with E-state index in [-0.39, 0.29) is 28.9 Å². The highest BCUT2D eigenvalue weighted by molar-refractivity contribution is 5.91. The molecule has 0 bridgehead atoms. The summed E-state index contributed by atoms with van der Waals surface area (Å²) in [6.45, 7) is 0.141. The SMILES string of the molecule is NCCCCOC1OC(COC(=O)c2ccccc2)C(OC(=O)c2ccccc2)C(OC(=O)c2ccccc2)C1OC(=O)c1ccccc1. The van der Waals surface area contributed by atoms with E-state index in [0.717, 1.165) is 0 Å². The molecule has 1 aliphatic rings. The standard InChI is InChI=1S/C38H37NO10/c39-23-13-14-24-44-38-33(49-37(43)29-21-11-4-12-22-29)32(48-36(42)28-19-9-3-10-20-28)31(47-35(41)27-17-7-2-8-18-27)30(46-38)25-45-34(40)26-15-5-1-6-16-26/h1-12,15-22,30-33,38H,13-14,23-25,39H2. The molecule has 4 aromatic rings. The number of benzene rings is 4. The van der Waals surface area contributed by atoms with E-state index in [4.69, 9.17) is 34.2 Å². The average Bonchev–Trinajstić information content (AvgIpc) is 3.15. The Labute approximate surface area is 283 Å². The summed E-state index contributed by atoms with van der Waals surface area (Å²) in [6.07, 6.45) is -5.69. The molecule has 1 aliphatic heterocycles. The summed E-state index contributed by atoms with van der Waals surface area (Å²) in [7, 11) is 0. The van der Waals surface area contributed by atoms with Gasteiger partial charge in [0.15, 0.2) is 24.6 Å². The molecule has 4 aromatic carbocycles. The Morgan fingerprint density at radius 3 is 1.39 bits per heavy atom. The van der Waals surface area contributed by atoms with Crippen LogP contribution in [0.15, 0.2) is 121 Å². The van der Waals surface area contributed by atoms with Gasteiger partial charge in [-0.25, -0.2) is 19.2 Å². The fourth-order valence-corrected chi connectivity index (χ4v) is 5.11. The largest absolute Gasteiger partial charge is 0.459 e. The summed E-state index contributed by atoms with van der Waals surface area (Å²) in [4.78, 5) is 53.6. The first kappa shape index (κ1) is 35.0. The summed E-state index contributed by atoms with van der Waals surface area (Å²) < 4.78 is 36.0. The van der Waals surface area contributed by atoms with Gasteiger partial charge in [-0.05, 0) is 67.9 Å². The molecule has 2 N–H and O–H groups in total. The molecular weight excluding hydrogens is 630 g/mol. The molecule has 11 heteroatoms. The summed E-state index contributed by atoms with van der Waals surface area (Å²) >= 11 is 0. The number of nitrogens with two attached hydrogens (primary N) is 1. The monoisotopic (exact) mass is 667 g/mol. The van der Waals surface area contributed by atoms with Crippen molar-refractivity contribution in [2.45, 2.75) is 43.5 Å². The molecule has 1 fully saturated rings. The van der Waals surface area contributed by atoms with Gasteiger partial charge in [-0.1, -0.05) is 72.8 Å². The van der Waals surface area contributed by atoms with Crippen LogP contribution in [-0.2, 0) is 28.4 Å². The summed E-state index contributed by atoms with van der Waals surface area (Å²) in [6, 6.07) is 32.9. The molecular formula is C38H37NO10. The van der Waals surface area contributed by atoms with Crippen LogP contribution in [0.3, 0.4) is 0 Å². The van der Waals surface area contributed by atoms with E-state index in [1.54, 1.807) is 121 Å². The van der Waals surface area contributed by atoms with Crippen molar-refractivity contribution in [2.75, 3.05) is 19.8 Å². The number of esters is 4. The predicted molar refractivity (Wildman–Crippen MR) is 177 cm³/mol. The van der Waals surface area contributed by atoms with Crippen LogP contribution in [0.2, 0.25) is 0 Å². The van der Waals surface area contributed by atoms with Crippen molar-refractivity contribution in [3.05, 3.63) is 144 Å². The normalized spacial score (nSPS) is 20.1. The van der Waals surface area contributed by atoms with Gasteiger partial charge in [0, 0.05) is 6.61 Å². The van der Waals surface area contributed by atoms with E-state index in [0.29, 0.717) is 19.4 Å². The Hall–Kier alpha value is -5.36. The van der Waals surface area contributed by atoms with Gasteiger partial charge in [0.25, 0.3) is 0 Å². The minimum atomic E-state index is -1.47. The summed E-state index contributed by atoms with van der Waals surface area (Å²) in [5.74, 6) is -2.97. The molecule has 0 saturated carbocycles. The maximum absolute atomic E-state index is 13.6. The Kier molecular flexibility index (Phi) is 12.6. The maximum atomic E-state index is 13.6. The quantitative estimate of drug-likeness (QED) is 0.110. The lowest BCUT2D eigenvalue weighted by Crippen LogP contribution is -2.63. The fraction of sp³-hybridized carbons (Fsp3) is 0.263. The van der Waals surface area contributed by atoms with E-state index < -0.39 is 61.2 Å². The van der Waals surface area contributed by atoms with Crippen molar-refractivity contribution >= 4 is 23.9 Å². The second-order valence-corrected chi connectivity index (χ2v) is 11.1. The third-order valence-corrected chi connectivity index (χ3v) is 7.62. The molecule has 5 unspecified atom stereocenters. The first-order valence-corrected chi connectivity index (χ1v) is 15.9. The highest BCUT2D eigenvalue weighted by Crippen LogP contribution is 2.32. The van der Waals surface area contributed by atoms with Crippen LogP contribution >= 0.6 is 0 Å². The van der Waals surface area contributed by atoms with Gasteiger partial charge in [0.05, 0.1) is 22.3 Å². The Bertz CT molecular complexity index is 1650. The molecule has 11 nitrogen and oxygen atoms in total. The number of carbonyl (C=O) groups excluding carboxylic acids is 4. The van der Waals surface area contributed by atoms with Crippen molar-refractivity contribution in [2.24, 2.45) is 5.73 Å². The van der Waals surface area contributed by atoms with Gasteiger partial charge in [0.2, 0.25) is 0 Å². The first-order valence-electron chi connectivity index (χ1n) is 15.9. The second kappa shape index (κ2) is 17.7. The van der Waals surface area contributed by atoms with Gasteiger partial charge in [0.1, 0.15) is 12.7 Å². The zero-order valence-corrected chi connectivity index (χ0v) is 26.6. The summed E-state index contributed by atoms with van der Waals surface area (Å²) in [5.41, 5.74) is 6.58. The zero-order valence-electron chi connectivity index (χ0n) is 26.6. The highest BCUT2D eigenvalue weighted by atomic mass is 16.7. The van der Waals surface area contributed by atoms with Gasteiger partial charge in [-0.15, -0.1) is 0 Å². The lowest BCUT2D eigenvalue weighted by atomic mass is 9.97. The number of rotatable bonds is 14. The zero-order chi connectivity index (χ0) is 34.4. The smallest absolute Gasteiger partial charge is 0.338 e. The lowest BCUT2D eigenvalue weighted by molar-refractivity contribution is -0.298. The Morgan fingerprint density at radius 2 is 0.939 bits per heavy atom. The molecule has 5 atom stereocenters. The van der Waals surface area contributed by atoms with Crippen LogP contribution in [0.25, 0.3) is 0 Å². The molecule has 0 radical (unpaired) electrons. The molecule has 0 aromatic heterocycles. The van der Waals surface area contributed by atoms with Gasteiger partial charge in [-0.3, -0.25) is 0 Å². The van der Waals surface area contributed by atoms with Crippen LogP contribution in [-0.4, -0.2) is 74.3 Å². The number of hydrogen-bond donors (Lipinski definition) is 1. The first-order chi connectivity index (χ1) is 23.9. The van der Waals surface area contributed by atoms with E-state index >= 15 is 0 Å². The average molecular weight is 668 g/mol. The van der Waals surface area contributed by atoms with E-state index in [9.17, 15) is 19.2 Å². The minimum Gasteiger partial charge on any atom is -0.459 e. The molecule has 49 heavy (non-hydrogen) atoms. The van der Waals surface area contributed by atoms with E-state index in [2.05, 4.69) is 0 Å². The third kappa shape index (κ3) is 9.60. The van der Waals surface area contributed by atoms with Gasteiger partial charge >= 0.3 is 23.9 Å². The molecule has 0 spiro atoms. The maximum Gasteiger partial charge on any atom is 0.338 e. The Balaban J connectivity index is 1.53. The van der Waals surface area contributed by atoms with Crippen molar-refractivity contribution < 1.29 is 47.6 Å². The van der Waals surface area contributed by atoms with Gasteiger partial charge < -0.3 is 34.2 Å². The molecule has 1 heterocycles. The van der Waals surface area contributed by atoms with Crippen molar-refractivity contribution in [1.82, 2.24) is 0 Å². The molecule has 0 aliphatic carbocycles. The van der Waals surface area contributed by atoms with Crippen LogP contribution in [0.1, 0.15) is 54.3 Å². The van der Waals surface area contributed by atoms with Crippen molar-refractivity contribution in [1.29, 1.82) is 0 Å². The molecule has 254 valence electrons. The summed E-state index contributed by atoms with van der Waals surface area (Å²) in [5, 5.41) is 0. The van der Waals surface area contributed by atoms with E-state index in [1.807, 2.05) is 0 Å². The van der Waals surface area contributed by atoms with Crippen LogP contribution in [0.5, 0.6) is 0 Å². The topological polar surface area (TPSA) is 150 Å². The van der Waals surface area contributed by atoms with Crippen LogP contribution in [0.4, 0.5) is 0 Å². The molecule has 5 rings (SSSR count). The Morgan fingerprint density at radius 1 is 0.531 bits per heavy atom. The van der Waals surface area contributed by atoms with E-state index in [1.165, 1.54) is 0 Å². The van der Waals surface area contributed by atoms with Crippen LogP contribution < -0.4 is 5.73 Å². The van der Waals surface area contributed by atoms with Gasteiger partial charge in [-0.2, -0.15) is 0 Å². The number of carbonyl (C=O) groups is 4. The molecule has 1 saturated heterocycles. The third-order valence-electron chi connectivity index (χ3n) is 7.62. The lowest BCUT2D eigenvalue weighted by Gasteiger charge is -2.44.